The summed E-state index contributed by atoms with van der Waals surface area (Å²) in [7, 11) is 1.83. The summed E-state index contributed by atoms with van der Waals surface area (Å²) in [4.78, 5) is 11.5. The van der Waals surface area contributed by atoms with Crippen molar-refractivity contribution in [3.05, 3.63) is 11.9 Å². The minimum atomic E-state index is -0.119. The van der Waals surface area contributed by atoms with Gasteiger partial charge >= 0.3 is 0 Å². The maximum atomic E-state index is 11.5. The summed E-state index contributed by atoms with van der Waals surface area (Å²) in [5.41, 5.74) is 7.22. The van der Waals surface area contributed by atoms with E-state index in [-0.39, 0.29) is 24.4 Å². The standard InChI is InChI=1S/C10H18N4O.ClH/c1-4-8-9(6-14(3)13-8)12-10(15)5-7(2)11;/h6-7H,4-5,11H2,1-3H3,(H,12,15);1H. The highest BCUT2D eigenvalue weighted by molar-refractivity contribution is 5.91. The van der Waals surface area contributed by atoms with Crippen LogP contribution in [0.25, 0.3) is 0 Å². The summed E-state index contributed by atoms with van der Waals surface area (Å²) in [5.74, 6) is -0.0623. The lowest BCUT2D eigenvalue weighted by Crippen LogP contribution is -2.24. The summed E-state index contributed by atoms with van der Waals surface area (Å²) >= 11 is 0. The molecule has 0 bridgehead atoms. The van der Waals surface area contributed by atoms with Gasteiger partial charge in [-0.3, -0.25) is 9.48 Å². The highest BCUT2D eigenvalue weighted by atomic mass is 35.5. The molecule has 1 aromatic heterocycles. The van der Waals surface area contributed by atoms with E-state index in [1.807, 2.05) is 20.9 Å². The van der Waals surface area contributed by atoms with Crippen LogP contribution in [0.15, 0.2) is 6.20 Å². The van der Waals surface area contributed by atoms with Crippen LogP contribution in [-0.2, 0) is 18.3 Å². The SMILES string of the molecule is CCc1nn(C)cc1NC(=O)CC(C)N.Cl. The maximum Gasteiger partial charge on any atom is 0.226 e. The van der Waals surface area contributed by atoms with E-state index in [2.05, 4.69) is 10.4 Å². The molecular weight excluding hydrogens is 228 g/mol. The van der Waals surface area contributed by atoms with E-state index in [1.54, 1.807) is 10.9 Å². The number of hydrogen-bond acceptors (Lipinski definition) is 3. The quantitative estimate of drug-likeness (QED) is 0.835. The van der Waals surface area contributed by atoms with Gasteiger partial charge in [-0.05, 0) is 13.3 Å². The number of aromatic nitrogens is 2. The van der Waals surface area contributed by atoms with Gasteiger partial charge in [0.15, 0.2) is 0 Å². The molecule has 0 spiro atoms. The summed E-state index contributed by atoms with van der Waals surface area (Å²) in [6.45, 7) is 3.81. The zero-order chi connectivity index (χ0) is 11.4. The molecule has 0 aliphatic rings. The van der Waals surface area contributed by atoms with Crippen LogP contribution in [-0.4, -0.2) is 21.7 Å². The van der Waals surface area contributed by atoms with Gasteiger partial charge in [0.05, 0.1) is 11.4 Å². The first kappa shape index (κ1) is 14.9. The molecule has 0 aliphatic heterocycles. The third-order valence-electron chi connectivity index (χ3n) is 2.02. The Labute approximate surface area is 102 Å². The molecule has 0 aliphatic carbocycles. The lowest BCUT2D eigenvalue weighted by atomic mass is 10.2. The second-order valence-electron chi connectivity index (χ2n) is 3.75. The molecule has 1 atom stereocenters. The number of amides is 1. The number of nitrogens with two attached hydrogens (primary N) is 1. The number of nitrogens with zero attached hydrogens (tertiary/aromatic N) is 2. The van der Waals surface area contributed by atoms with Gasteiger partial charge in [-0.25, -0.2) is 0 Å². The normalized spacial score (nSPS) is 11.8. The van der Waals surface area contributed by atoms with Gasteiger partial charge in [-0.15, -0.1) is 12.4 Å². The fourth-order valence-electron chi connectivity index (χ4n) is 1.39. The number of nitrogens with one attached hydrogen (secondary N) is 1. The van der Waals surface area contributed by atoms with E-state index in [1.165, 1.54) is 0 Å². The zero-order valence-corrected chi connectivity index (χ0v) is 10.7. The maximum absolute atomic E-state index is 11.5. The largest absolute Gasteiger partial charge is 0.327 e. The van der Waals surface area contributed by atoms with Crippen LogP contribution in [0.1, 0.15) is 26.0 Å². The van der Waals surface area contributed by atoms with E-state index in [0.29, 0.717) is 6.42 Å². The summed E-state index contributed by atoms with van der Waals surface area (Å²) < 4.78 is 1.69. The molecule has 0 saturated carbocycles. The van der Waals surface area contributed by atoms with Crippen LogP contribution in [0.5, 0.6) is 0 Å². The van der Waals surface area contributed by atoms with Gasteiger partial charge in [0.25, 0.3) is 0 Å². The second kappa shape index (κ2) is 6.50. The molecule has 6 heteroatoms. The van der Waals surface area contributed by atoms with E-state index < -0.39 is 0 Å². The van der Waals surface area contributed by atoms with Gasteiger partial charge < -0.3 is 11.1 Å². The highest BCUT2D eigenvalue weighted by Gasteiger charge is 2.10. The smallest absolute Gasteiger partial charge is 0.226 e. The van der Waals surface area contributed by atoms with Crippen molar-refractivity contribution in [1.29, 1.82) is 0 Å². The minimum Gasteiger partial charge on any atom is -0.327 e. The van der Waals surface area contributed by atoms with Gasteiger partial charge in [0, 0.05) is 25.7 Å². The summed E-state index contributed by atoms with van der Waals surface area (Å²) in [6.07, 6.45) is 2.94. The van der Waals surface area contributed by atoms with Crippen molar-refractivity contribution in [1.82, 2.24) is 9.78 Å². The van der Waals surface area contributed by atoms with Crippen LogP contribution in [0.4, 0.5) is 5.69 Å². The number of carbonyl (C=O) groups excluding carboxylic acids is 1. The van der Waals surface area contributed by atoms with Crippen LogP contribution in [0.2, 0.25) is 0 Å². The summed E-state index contributed by atoms with van der Waals surface area (Å²) in [6, 6.07) is -0.119. The summed E-state index contributed by atoms with van der Waals surface area (Å²) in [5, 5.41) is 7.04. The molecule has 16 heavy (non-hydrogen) atoms. The van der Waals surface area contributed by atoms with Gasteiger partial charge in [-0.2, -0.15) is 5.10 Å². The Morgan fingerprint density at radius 2 is 2.31 bits per heavy atom. The predicted molar refractivity (Wildman–Crippen MR) is 66.7 cm³/mol. The molecule has 1 amide bonds. The number of anilines is 1. The molecule has 1 unspecified atom stereocenters. The molecule has 1 aromatic rings. The fourth-order valence-corrected chi connectivity index (χ4v) is 1.39. The zero-order valence-electron chi connectivity index (χ0n) is 9.86. The Bertz CT molecular complexity index is 349. The number of hydrogen-bond donors (Lipinski definition) is 2. The molecule has 1 heterocycles. The molecule has 0 aromatic carbocycles. The number of rotatable bonds is 4. The van der Waals surface area contributed by atoms with Crippen molar-refractivity contribution in [3.63, 3.8) is 0 Å². The van der Waals surface area contributed by atoms with Crippen molar-refractivity contribution >= 4 is 24.0 Å². The Morgan fingerprint density at radius 3 is 2.81 bits per heavy atom. The van der Waals surface area contributed by atoms with Crippen molar-refractivity contribution in [3.8, 4) is 0 Å². The first-order valence-corrected chi connectivity index (χ1v) is 5.10. The molecular formula is C10H19ClN4O. The monoisotopic (exact) mass is 246 g/mol. The molecule has 3 N–H and O–H groups in total. The number of carbonyl (C=O) groups is 1. The highest BCUT2D eigenvalue weighted by Crippen LogP contribution is 2.13. The average Bonchev–Trinajstić information content (AvgIpc) is 2.44. The number of aryl methyl sites for hydroxylation is 2. The lowest BCUT2D eigenvalue weighted by molar-refractivity contribution is -0.116. The second-order valence-corrected chi connectivity index (χ2v) is 3.75. The Hall–Kier alpha value is -1.07. The third kappa shape index (κ3) is 4.20. The first-order valence-electron chi connectivity index (χ1n) is 5.10. The van der Waals surface area contributed by atoms with Crippen molar-refractivity contribution in [2.24, 2.45) is 12.8 Å². The molecule has 0 radical (unpaired) electrons. The van der Waals surface area contributed by atoms with Gasteiger partial charge in [0.1, 0.15) is 0 Å². The average molecular weight is 247 g/mol. The van der Waals surface area contributed by atoms with Crippen LogP contribution < -0.4 is 11.1 Å². The lowest BCUT2D eigenvalue weighted by Gasteiger charge is -2.06. The minimum absolute atomic E-state index is 0. The van der Waals surface area contributed by atoms with Crippen molar-refractivity contribution < 1.29 is 4.79 Å². The van der Waals surface area contributed by atoms with E-state index in [0.717, 1.165) is 17.8 Å². The van der Waals surface area contributed by atoms with Crippen LogP contribution in [0.3, 0.4) is 0 Å². The topological polar surface area (TPSA) is 72.9 Å². The van der Waals surface area contributed by atoms with Crippen LogP contribution in [0, 0.1) is 0 Å². The Balaban J connectivity index is 0.00000225. The van der Waals surface area contributed by atoms with Crippen LogP contribution >= 0.6 is 12.4 Å². The molecule has 0 saturated heterocycles. The molecule has 1 rings (SSSR count). The van der Waals surface area contributed by atoms with E-state index in [4.69, 9.17) is 5.73 Å². The van der Waals surface area contributed by atoms with Gasteiger partial charge in [-0.1, -0.05) is 6.92 Å². The molecule has 92 valence electrons. The van der Waals surface area contributed by atoms with Gasteiger partial charge in [0.2, 0.25) is 5.91 Å². The third-order valence-corrected chi connectivity index (χ3v) is 2.02. The Morgan fingerprint density at radius 1 is 1.69 bits per heavy atom. The van der Waals surface area contributed by atoms with E-state index in [9.17, 15) is 4.79 Å². The van der Waals surface area contributed by atoms with Crippen molar-refractivity contribution in [2.75, 3.05) is 5.32 Å². The number of halogens is 1. The fraction of sp³-hybridized carbons (Fsp3) is 0.600. The molecule has 0 fully saturated rings. The van der Waals surface area contributed by atoms with E-state index >= 15 is 0 Å². The van der Waals surface area contributed by atoms with Crippen molar-refractivity contribution in [2.45, 2.75) is 32.7 Å². The first-order chi connectivity index (χ1) is 7.02. The Kier molecular flexibility index (Phi) is 6.06. The predicted octanol–water partition coefficient (Wildman–Crippen LogP) is 1.08. The molecule has 5 nitrogen and oxygen atoms in total.